The molecule has 0 bridgehead atoms. The van der Waals surface area contributed by atoms with Crippen LogP contribution in [0.25, 0.3) is 0 Å². The van der Waals surface area contributed by atoms with Crippen LogP contribution in [0.3, 0.4) is 0 Å². The molecule has 0 amide bonds. The number of rotatable bonds is 3. The third kappa shape index (κ3) is 4.02. The van der Waals surface area contributed by atoms with Crippen molar-refractivity contribution in [1.82, 2.24) is 0 Å². The SMILES string of the molecule is O=C(Cl)c1ccc(NC2CCCCCCC2)cc1. The molecule has 3 heteroatoms. The number of nitrogens with one attached hydrogen (secondary N) is 1. The Morgan fingerprint density at radius 3 is 2.11 bits per heavy atom. The molecular weight excluding hydrogens is 246 g/mol. The van der Waals surface area contributed by atoms with E-state index in [1.54, 1.807) is 12.1 Å². The summed E-state index contributed by atoms with van der Waals surface area (Å²) < 4.78 is 0. The average Bonchev–Trinajstić information content (AvgIpc) is 2.33. The van der Waals surface area contributed by atoms with Crippen LogP contribution >= 0.6 is 11.6 Å². The van der Waals surface area contributed by atoms with Crippen LogP contribution in [0, 0.1) is 0 Å². The molecule has 0 radical (unpaired) electrons. The first-order valence-electron chi connectivity index (χ1n) is 6.82. The Labute approximate surface area is 114 Å². The molecule has 98 valence electrons. The Bertz CT molecular complexity index is 380. The highest BCUT2D eigenvalue weighted by Gasteiger charge is 2.11. The smallest absolute Gasteiger partial charge is 0.252 e. The number of hydrogen-bond acceptors (Lipinski definition) is 2. The van der Waals surface area contributed by atoms with Gasteiger partial charge in [-0.3, -0.25) is 4.79 Å². The monoisotopic (exact) mass is 265 g/mol. The Morgan fingerprint density at radius 2 is 1.56 bits per heavy atom. The van der Waals surface area contributed by atoms with Crippen LogP contribution in [0.15, 0.2) is 24.3 Å². The van der Waals surface area contributed by atoms with E-state index in [-0.39, 0.29) is 0 Å². The molecular formula is C15H20ClNO. The molecule has 0 spiro atoms. The summed E-state index contributed by atoms with van der Waals surface area (Å²) in [5.41, 5.74) is 1.64. The largest absolute Gasteiger partial charge is 0.382 e. The minimum Gasteiger partial charge on any atom is -0.382 e. The van der Waals surface area contributed by atoms with Gasteiger partial charge in [-0.1, -0.05) is 32.1 Å². The van der Waals surface area contributed by atoms with Gasteiger partial charge in [0.25, 0.3) is 5.24 Å². The van der Waals surface area contributed by atoms with E-state index in [4.69, 9.17) is 11.6 Å². The van der Waals surface area contributed by atoms with Gasteiger partial charge in [0.1, 0.15) is 0 Å². The Hall–Kier alpha value is -1.02. The van der Waals surface area contributed by atoms with Crippen molar-refractivity contribution >= 4 is 22.5 Å². The summed E-state index contributed by atoms with van der Waals surface area (Å²) >= 11 is 5.43. The third-order valence-corrected chi connectivity index (χ3v) is 3.81. The molecule has 1 aliphatic rings. The van der Waals surface area contributed by atoms with Crippen LogP contribution in [0.1, 0.15) is 55.3 Å². The molecule has 0 heterocycles. The Morgan fingerprint density at radius 1 is 1.00 bits per heavy atom. The number of benzene rings is 1. The molecule has 0 aromatic heterocycles. The second-order valence-electron chi connectivity index (χ2n) is 5.04. The quantitative estimate of drug-likeness (QED) is 0.810. The van der Waals surface area contributed by atoms with Crippen molar-refractivity contribution in [2.24, 2.45) is 0 Å². The van der Waals surface area contributed by atoms with E-state index in [2.05, 4.69) is 5.32 Å². The Balaban J connectivity index is 1.92. The van der Waals surface area contributed by atoms with Gasteiger partial charge in [-0.15, -0.1) is 0 Å². The van der Waals surface area contributed by atoms with E-state index >= 15 is 0 Å². The van der Waals surface area contributed by atoms with Gasteiger partial charge >= 0.3 is 0 Å². The molecule has 0 saturated heterocycles. The van der Waals surface area contributed by atoms with Gasteiger partial charge in [0.05, 0.1) is 0 Å². The van der Waals surface area contributed by atoms with E-state index in [9.17, 15) is 4.79 Å². The van der Waals surface area contributed by atoms with Gasteiger partial charge in [0.2, 0.25) is 0 Å². The van der Waals surface area contributed by atoms with E-state index in [1.165, 1.54) is 44.9 Å². The van der Waals surface area contributed by atoms with Crippen molar-refractivity contribution < 1.29 is 4.79 Å². The maximum atomic E-state index is 11.0. The topological polar surface area (TPSA) is 29.1 Å². The van der Waals surface area contributed by atoms with Crippen molar-refractivity contribution in [3.63, 3.8) is 0 Å². The lowest BCUT2D eigenvalue weighted by atomic mass is 9.96. The number of anilines is 1. The molecule has 1 fully saturated rings. The molecule has 0 unspecified atom stereocenters. The van der Waals surface area contributed by atoms with Crippen LogP contribution in [0.4, 0.5) is 5.69 Å². The second kappa shape index (κ2) is 6.79. The number of hydrogen-bond donors (Lipinski definition) is 1. The highest BCUT2D eigenvalue weighted by molar-refractivity contribution is 6.67. The minimum atomic E-state index is -0.396. The zero-order chi connectivity index (χ0) is 12.8. The average molecular weight is 266 g/mol. The fraction of sp³-hybridized carbons (Fsp3) is 0.533. The molecule has 0 aliphatic heterocycles. The molecule has 1 N–H and O–H groups in total. The van der Waals surface area contributed by atoms with Crippen molar-refractivity contribution in [3.8, 4) is 0 Å². The van der Waals surface area contributed by atoms with Crippen molar-refractivity contribution in [1.29, 1.82) is 0 Å². The maximum Gasteiger partial charge on any atom is 0.252 e. The summed E-state index contributed by atoms with van der Waals surface area (Å²) in [5, 5.41) is 3.16. The van der Waals surface area contributed by atoms with Crippen LogP contribution in [0.5, 0.6) is 0 Å². The van der Waals surface area contributed by atoms with Crippen LogP contribution in [-0.2, 0) is 0 Å². The summed E-state index contributed by atoms with van der Waals surface area (Å²) in [7, 11) is 0. The van der Waals surface area contributed by atoms with E-state index in [1.807, 2.05) is 12.1 Å². The number of halogens is 1. The van der Waals surface area contributed by atoms with E-state index < -0.39 is 5.24 Å². The fourth-order valence-electron chi connectivity index (χ4n) is 2.53. The minimum absolute atomic E-state index is 0.396. The first-order chi connectivity index (χ1) is 8.75. The molecule has 1 saturated carbocycles. The Kier molecular flexibility index (Phi) is 5.06. The number of carbonyl (C=O) groups excluding carboxylic acids is 1. The van der Waals surface area contributed by atoms with Gasteiger partial charge < -0.3 is 5.32 Å². The predicted octanol–water partition coefficient (Wildman–Crippen LogP) is 4.59. The zero-order valence-corrected chi connectivity index (χ0v) is 11.4. The third-order valence-electron chi connectivity index (χ3n) is 3.59. The molecule has 2 nitrogen and oxygen atoms in total. The van der Waals surface area contributed by atoms with Gasteiger partial charge in [0, 0.05) is 17.3 Å². The van der Waals surface area contributed by atoms with Crippen LogP contribution < -0.4 is 5.32 Å². The van der Waals surface area contributed by atoms with E-state index in [0.29, 0.717) is 11.6 Å². The first kappa shape index (κ1) is 13.4. The summed E-state index contributed by atoms with van der Waals surface area (Å²) in [6.07, 6.45) is 9.23. The second-order valence-corrected chi connectivity index (χ2v) is 5.38. The molecule has 1 aromatic carbocycles. The molecule has 2 rings (SSSR count). The van der Waals surface area contributed by atoms with Crippen molar-refractivity contribution in [2.45, 2.75) is 51.0 Å². The highest BCUT2D eigenvalue weighted by Crippen LogP contribution is 2.21. The normalized spacial score (nSPS) is 17.8. The lowest BCUT2D eigenvalue weighted by Crippen LogP contribution is -2.20. The maximum absolute atomic E-state index is 11.0. The fourth-order valence-corrected chi connectivity index (χ4v) is 2.66. The van der Waals surface area contributed by atoms with Gasteiger partial charge in [-0.2, -0.15) is 0 Å². The summed E-state index contributed by atoms with van der Waals surface area (Å²) in [6.45, 7) is 0. The predicted molar refractivity (Wildman–Crippen MR) is 76.4 cm³/mol. The van der Waals surface area contributed by atoms with Crippen molar-refractivity contribution in [3.05, 3.63) is 29.8 Å². The van der Waals surface area contributed by atoms with Crippen molar-refractivity contribution in [2.75, 3.05) is 5.32 Å². The number of carbonyl (C=O) groups is 1. The van der Waals surface area contributed by atoms with Crippen LogP contribution in [-0.4, -0.2) is 11.3 Å². The molecule has 1 aliphatic carbocycles. The highest BCUT2D eigenvalue weighted by atomic mass is 35.5. The summed E-state index contributed by atoms with van der Waals surface area (Å²) in [5.74, 6) is 0. The molecule has 18 heavy (non-hydrogen) atoms. The summed E-state index contributed by atoms with van der Waals surface area (Å²) in [6, 6.07) is 8.01. The lowest BCUT2D eigenvalue weighted by molar-refractivity contribution is 0.108. The lowest BCUT2D eigenvalue weighted by Gasteiger charge is -2.22. The van der Waals surface area contributed by atoms with Gasteiger partial charge in [-0.05, 0) is 48.7 Å². The first-order valence-corrected chi connectivity index (χ1v) is 7.20. The van der Waals surface area contributed by atoms with E-state index in [0.717, 1.165) is 5.69 Å². The van der Waals surface area contributed by atoms with Crippen LogP contribution in [0.2, 0.25) is 0 Å². The zero-order valence-electron chi connectivity index (χ0n) is 10.6. The molecule has 0 atom stereocenters. The van der Waals surface area contributed by atoms with Gasteiger partial charge in [0.15, 0.2) is 0 Å². The van der Waals surface area contributed by atoms with Gasteiger partial charge in [-0.25, -0.2) is 0 Å². The summed E-state index contributed by atoms with van der Waals surface area (Å²) in [4.78, 5) is 11.0. The molecule has 1 aromatic rings. The standard InChI is InChI=1S/C15H20ClNO/c16-15(18)12-8-10-14(11-9-12)17-13-6-4-2-1-3-5-7-13/h8-11,13,17H,1-7H2.